The highest BCUT2D eigenvalue weighted by Crippen LogP contribution is 2.15. The average molecular weight is 252 g/mol. The van der Waals surface area contributed by atoms with Crippen LogP contribution in [0.5, 0.6) is 0 Å². The maximum absolute atomic E-state index is 10.9. The summed E-state index contributed by atoms with van der Waals surface area (Å²) in [6.45, 7) is 1.34. The van der Waals surface area contributed by atoms with E-state index in [1.165, 1.54) is 11.1 Å². The molecule has 5 N–H and O–H groups in total. The first-order valence-electron chi connectivity index (χ1n) is 5.35. The van der Waals surface area contributed by atoms with Crippen LogP contribution in [0.4, 0.5) is 5.69 Å². The van der Waals surface area contributed by atoms with Gasteiger partial charge in [0, 0.05) is 0 Å². The van der Waals surface area contributed by atoms with E-state index in [9.17, 15) is 14.7 Å². The van der Waals surface area contributed by atoms with Gasteiger partial charge in [-0.25, -0.2) is 0 Å². The second-order valence-corrected chi connectivity index (χ2v) is 3.91. The molecule has 0 saturated heterocycles. The number of aliphatic hydroxyl groups excluding tert-OH is 1. The normalized spacial score (nSPS) is 11.9. The van der Waals surface area contributed by atoms with Crippen LogP contribution in [-0.4, -0.2) is 35.0 Å². The van der Waals surface area contributed by atoms with Crippen LogP contribution in [0, 0.1) is 0 Å². The first-order valence-corrected chi connectivity index (χ1v) is 5.35. The van der Waals surface area contributed by atoms with Crippen LogP contribution in [-0.2, 0) is 9.59 Å². The highest BCUT2D eigenvalue weighted by atomic mass is 16.3. The topological polar surface area (TPSA) is 123 Å². The van der Waals surface area contributed by atoms with Crippen molar-refractivity contribution in [3.8, 4) is 0 Å². The zero-order valence-electron chi connectivity index (χ0n) is 10.0. The Morgan fingerprint density at radius 3 is 2.22 bits per heavy atom. The van der Waals surface area contributed by atoms with Crippen LogP contribution in [0.25, 0.3) is 0 Å². The molecule has 1 atom stereocenters. The number of amides is 2. The molecular weight excluding hydrogens is 236 g/mol. The minimum Gasteiger partial charge on any atom is -0.387 e. The number of nitrogens with zero attached hydrogens (tertiary/aromatic N) is 2. The van der Waals surface area contributed by atoms with Gasteiger partial charge in [0.15, 0.2) is 0 Å². The van der Waals surface area contributed by atoms with E-state index in [0.717, 1.165) is 0 Å². The van der Waals surface area contributed by atoms with Gasteiger partial charge in [-0.05, 0) is 19.1 Å². The Bertz CT molecular complexity index is 414. The Kier molecular flexibility index (Phi) is 4.61. The summed E-state index contributed by atoms with van der Waals surface area (Å²) in [5, 5.41) is 9.32. The Balaban J connectivity index is 2.90. The van der Waals surface area contributed by atoms with Gasteiger partial charge in [0.1, 0.15) is 0 Å². The summed E-state index contributed by atoms with van der Waals surface area (Å²) in [7, 11) is 0. The number of hydrogen-bond donors (Lipinski definition) is 3. The van der Waals surface area contributed by atoms with E-state index in [1.807, 2.05) is 0 Å². The van der Waals surface area contributed by atoms with Gasteiger partial charge in [-0.2, -0.15) is 0 Å². The van der Waals surface area contributed by atoms with E-state index >= 15 is 0 Å². The van der Waals surface area contributed by atoms with Gasteiger partial charge in [-0.3, -0.25) is 14.6 Å². The number of rotatable bonds is 6. The predicted octanol–water partition coefficient (Wildman–Crippen LogP) is -1.09. The molecule has 0 bridgehead atoms. The molecule has 0 aliphatic carbocycles. The maximum atomic E-state index is 10.9. The minimum absolute atomic E-state index is 0.126. The monoisotopic (exact) mass is 252 g/mol. The molecule has 1 unspecified atom stereocenters. The molecule has 0 radical (unpaired) electrons. The number of primary amides is 2. The molecule has 1 heterocycles. The van der Waals surface area contributed by atoms with Crippen molar-refractivity contribution in [2.75, 3.05) is 18.0 Å². The molecular formula is C11H16N4O3. The second kappa shape index (κ2) is 5.97. The number of nitrogens with two attached hydrogens (primary N) is 2. The van der Waals surface area contributed by atoms with Crippen LogP contribution >= 0.6 is 0 Å². The van der Waals surface area contributed by atoms with Crippen LogP contribution in [0.2, 0.25) is 0 Å². The van der Waals surface area contributed by atoms with Crippen molar-refractivity contribution < 1.29 is 14.7 Å². The third kappa shape index (κ3) is 4.02. The molecule has 0 aliphatic rings. The molecule has 0 fully saturated rings. The lowest BCUT2D eigenvalue weighted by Crippen LogP contribution is -2.39. The second-order valence-electron chi connectivity index (χ2n) is 3.91. The van der Waals surface area contributed by atoms with Crippen molar-refractivity contribution in [1.29, 1.82) is 0 Å². The number of hydrogen-bond acceptors (Lipinski definition) is 5. The summed E-state index contributed by atoms with van der Waals surface area (Å²) in [6.07, 6.45) is 0.772. The number of anilines is 1. The molecule has 0 spiro atoms. The van der Waals surface area contributed by atoms with Crippen molar-refractivity contribution in [3.05, 3.63) is 24.0 Å². The molecule has 2 amide bonds. The number of carbonyl (C=O) groups excluding carboxylic acids is 2. The van der Waals surface area contributed by atoms with Gasteiger partial charge >= 0.3 is 0 Å². The standard InChI is InChI=1S/C11H16N4O3/c1-7(16)9-3-2-8(4-14-9)15(5-10(12)17)6-11(13)18/h2-4,7,16H,5-6H2,1H3,(H2,12,17)(H2,13,18). The fourth-order valence-corrected chi connectivity index (χ4v) is 1.45. The molecule has 1 aromatic heterocycles. The third-order valence-corrected chi connectivity index (χ3v) is 2.26. The fraction of sp³-hybridized carbons (Fsp3) is 0.364. The molecule has 7 heteroatoms. The van der Waals surface area contributed by atoms with E-state index in [0.29, 0.717) is 11.4 Å². The quantitative estimate of drug-likeness (QED) is 0.593. The maximum Gasteiger partial charge on any atom is 0.236 e. The zero-order chi connectivity index (χ0) is 13.7. The first kappa shape index (κ1) is 13.9. The number of aromatic nitrogens is 1. The lowest BCUT2D eigenvalue weighted by Gasteiger charge is -2.21. The molecule has 7 nitrogen and oxygen atoms in total. The first-order chi connectivity index (χ1) is 8.40. The van der Waals surface area contributed by atoms with Gasteiger partial charge in [-0.15, -0.1) is 0 Å². The summed E-state index contributed by atoms with van der Waals surface area (Å²) in [5.41, 5.74) is 11.2. The molecule has 98 valence electrons. The molecule has 0 saturated carbocycles. The summed E-state index contributed by atoms with van der Waals surface area (Å²) >= 11 is 0. The van der Waals surface area contributed by atoms with Crippen LogP contribution in [0.3, 0.4) is 0 Å². The summed E-state index contributed by atoms with van der Waals surface area (Å²) in [5.74, 6) is -1.15. The lowest BCUT2D eigenvalue weighted by atomic mass is 10.2. The minimum atomic E-state index is -0.681. The SMILES string of the molecule is CC(O)c1ccc(N(CC(N)=O)CC(N)=O)cn1. The van der Waals surface area contributed by atoms with Crippen LogP contribution < -0.4 is 16.4 Å². The Hall–Kier alpha value is -2.15. The highest BCUT2D eigenvalue weighted by molar-refractivity contribution is 5.84. The third-order valence-electron chi connectivity index (χ3n) is 2.26. The van der Waals surface area contributed by atoms with E-state index in [-0.39, 0.29) is 13.1 Å². The van der Waals surface area contributed by atoms with Crippen LogP contribution in [0.15, 0.2) is 18.3 Å². The average Bonchev–Trinajstić information content (AvgIpc) is 2.27. The van der Waals surface area contributed by atoms with Crippen molar-refractivity contribution in [2.24, 2.45) is 11.5 Å². The molecule has 18 heavy (non-hydrogen) atoms. The summed E-state index contributed by atoms with van der Waals surface area (Å²) in [6, 6.07) is 3.25. The van der Waals surface area contributed by atoms with E-state index in [2.05, 4.69) is 4.98 Å². The summed E-state index contributed by atoms with van der Waals surface area (Å²) in [4.78, 5) is 27.3. The molecule has 0 aliphatic heterocycles. The van der Waals surface area contributed by atoms with E-state index in [4.69, 9.17) is 11.5 Å². The highest BCUT2D eigenvalue weighted by Gasteiger charge is 2.13. The van der Waals surface area contributed by atoms with Crippen molar-refractivity contribution in [2.45, 2.75) is 13.0 Å². The Labute approximate surface area is 104 Å². The van der Waals surface area contributed by atoms with Gasteiger partial charge in [0.05, 0.1) is 36.8 Å². The van der Waals surface area contributed by atoms with E-state index < -0.39 is 17.9 Å². The zero-order valence-corrected chi connectivity index (χ0v) is 10.0. The van der Waals surface area contributed by atoms with Gasteiger partial charge in [0.2, 0.25) is 11.8 Å². The van der Waals surface area contributed by atoms with Crippen molar-refractivity contribution >= 4 is 17.5 Å². The Morgan fingerprint density at radius 2 is 1.89 bits per heavy atom. The largest absolute Gasteiger partial charge is 0.387 e. The van der Waals surface area contributed by atoms with Crippen molar-refractivity contribution in [1.82, 2.24) is 4.98 Å². The predicted molar refractivity (Wildman–Crippen MR) is 65.5 cm³/mol. The number of carbonyl (C=O) groups is 2. The number of aliphatic hydroxyl groups is 1. The van der Waals surface area contributed by atoms with Gasteiger partial charge in [0.25, 0.3) is 0 Å². The Morgan fingerprint density at radius 1 is 1.33 bits per heavy atom. The fourth-order valence-electron chi connectivity index (χ4n) is 1.45. The molecule has 1 aromatic rings. The smallest absolute Gasteiger partial charge is 0.236 e. The molecule has 0 aromatic carbocycles. The van der Waals surface area contributed by atoms with Crippen LogP contribution in [0.1, 0.15) is 18.7 Å². The van der Waals surface area contributed by atoms with E-state index in [1.54, 1.807) is 19.1 Å². The number of pyridine rings is 1. The van der Waals surface area contributed by atoms with Gasteiger partial charge in [-0.1, -0.05) is 0 Å². The van der Waals surface area contributed by atoms with Crippen molar-refractivity contribution in [3.63, 3.8) is 0 Å². The summed E-state index contributed by atoms with van der Waals surface area (Å²) < 4.78 is 0. The van der Waals surface area contributed by atoms with Gasteiger partial charge < -0.3 is 21.5 Å². The lowest BCUT2D eigenvalue weighted by molar-refractivity contribution is -0.117. The molecule has 1 rings (SSSR count).